The molecule has 0 amide bonds. The molecule has 0 atom stereocenters. The van der Waals surface area contributed by atoms with Gasteiger partial charge in [-0.05, 0) is 0 Å². The fraction of sp³-hybridized carbons (Fsp3) is 0.667. The number of carbonyl (C=O) groups is 1. The monoisotopic (exact) mass is 234 g/mol. The van der Waals surface area contributed by atoms with Crippen molar-refractivity contribution in [1.82, 2.24) is 0 Å². The van der Waals surface area contributed by atoms with Gasteiger partial charge in [-0.3, -0.25) is 4.79 Å². The van der Waals surface area contributed by atoms with Crippen molar-refractivity contribution < 1.29 is 33.3 Å². The van der Waals surface area contributed by atoms with Crippen LogP contribution < -0.4 is 0 Å². The lowest BCUT2D eigenvalue weighted by Crippen LogP contribution is -2.34. The smallest absolute Gasteiger partial charge is 0.412 e. The topological polar surface area (TPSA) is 80.1 Å². The van der Waals surface area contributed by atoms with E-state index >= 15 is 0 Å². The van der Waals surface area contributed by atoms with Crippen molar-refractivity contribution >= 4 is 29.0 Å². The van der Waals surface area contributed by atoms with Crippen LogP contribution in [0, 0.1) is 0 Å². The first-order chi connectivity index (χ1) is 4.15. The van der Waals surface area contributed by atoms with E-state index in [0.29, 0.717) is 0 Å². The Morgan fingerprint density at radius 1 is 1.00 bits per heavy atom. The van der Waals surface area contributed by atoms with Gasteiger partial charge in [-0.25, -0.2) is 0 Å². The SMILES string of the molecule is O.O.O=C(C(F)(F)F)C(F)(Cl)Cl. The summed E-state index contributed by atoms with van der Waals surface area (Å²) in [4.78, 5) is 9.72. The first-order valence-electron chi connectivity index (χ1n) is 1.84. The van der Waals surface area contributed by atoms with Gasteiger partial charge in [0.15, 0.2) is 0 Å². The van der Waals surface area contributed by atoms with Crippen molar-refractivity contribution in [3.63, 3.8) is 0 Å². The number of alkyl halides is 6. The summed E-state index contributed by atoms with van der Waals surface area (Å²) in [6.07, 6.45) is -5.34. The number of rotatable bonds is 1. The number of hydrogen-bond acceptors (Lipinski definition) is 1. The lowest BCUT2D eigenvalue weighted by molar-refractivity contribution is -0.175. The zero-order chi connectivity index (χ0) is 8.58. The van der Waals surface area contributed by atoms with E-state index in [0.717, 1.165) is 0 Å². The van der Waals surface area contributed by atoms with Gasteiger partial charge in [-0.2, -0.15) is 17.6 Å². The first-order valence-corrected chi connectivity index (χ1v) is 2.59. The van der Waals surface area contributed by atoms with Crippen LogP contribution >= 0.6 is 23.2 Å². The molecule has 0 aromatic rings. The lowest BCUT2D eigenvalue weighted by Gasteiger charge is -2.09. The predicted molar refractivity (Wildman–Crippen MR) is 33.8 cm³/mol. The molecule has 12 heavy (non-hydrogen) atoms. The zero-order valence-corrected chi connectivity index (χ0v) is 6.69. The maximum Gasteiger partial charge on any atom is 0.456 e. The Morgan fingerprint density at radius 2 is 1.25 bits per heavy atom. The van der Waals surface area contributed by atoms with Crippen LogP contribution in [0.4, 0.5) is 17.6 Å². The Hall–Kier alpha value is -0.110. The standard InChI is InChI=1S/C3Cl2F4O.2H2O/c4-2(5,6)1(10)3(7,8)9;;/h;2*1H2. The van der Waals surface area contributed by atoms with E-state index in [4.69, 9.17) is 0 Å². The molecule has 0 aliphatic heterocycles. The Kier molecular flexibility index (Phi) is 7.14. The van der Waals surface area contributed by atoms with Crippen molar-refractivity contribution in [1.29, 1.82) is 0 Å². The van der Waals surface area contributed by atoms with Crippen LogP contribution in [-0.2, 0) is 4.79 Å². The molecule has 0 aliphatic carbocycles. The van der Waals surface area contributed by atoms with Crippen LogP contribution in [0.5, 0.6) is 0 Å². The molecule has 0 aromatic heterocycles. The molecule has 0 aliphatic rings. The van der Waals surface area contributed by atoms with Crippen LogP contribution in [-0.4, -0.2) is 27.5 Å². The summed E-state index contributed by atoms with van der Waals surface area (Å²) in [5.74, 6) is -2.82. The summed E-state index contributed by atoms with van der Waals surface area (Å²) >= 11 is 8.39. The molecule has 0 unspecified atom stereocenters. The van der Waals surface area contributed by atoms with Gasteiger partial charge in [0.2, 0.25) is 0 Å². The molecular formula is C3H4Cl2F4O3. The Morgan fingerprint density at radius 3 is 1.25 bits per heavy atom. The number of carbonyl (C=O) groups excluding carboxylic acids is 1. The van der Waals surface area contributed by atoms with Crippen LogP contribution in [0.25, 0.3) is 0 Å². The van der Waals surface area contributed by atoms with Crippen molar-refractivity contribution in [3.8, 4) is 0 Å². The van der Waals surface area contributed by atoms with Gasteiger partial charge in [0, 0.05) is 0 Å². The molecule has 0 saturated heterocycles. The summed E-state index contributed by atoms with van der Waals surface area (Å²) in [6, 6.07) is 0. The van der Waals surface area contributed by atoms with Crippen LogP contribution in [0.3, 0.4) is 0 Å². The Bertz CT molecular complexity index is 135. The van der Waals surface area contributed by atoms with Crippen molar-refractivity contribution in [2.75, 3.05) is 0 Å². The van der Waals surface area contributed by atoms with E-state index in [9.17, 15) is 22.4 Å². The van der Waals surface area contributed by atoms with Gasteiger partial charge in [-0.15, -0.1) is 0 Å². The zero-order valence-electron chi connectivity index (χ0n) is 5.18. The maximum absolute atomic E-state index is 11.7. The fourth-order valence-electron chi connectivity index (χ4n) is 0.161. The molecule has 3 nitrogen and oxygen atoms in total. The maximum atomic E-state index is 11.7. The second kappa shape index (κ2) is 4.80. The van der Waals surface area contributed by atoms with E-state index in [-0.39, 0.29) is 11.0 Å². The normalized spacial score (nSPS) is 11.2. The van der Waals surface area contributed by atoms with E-state index in [2.05, 4.69) is 23.2 Å². The highest BCUT2D eigenvalue weighted by Crippen LogP contribution is 2.32. The quantitative estimate of drug-likeness (QED) is 0.483. The van der Waals surface area contributed by atoms with E-state index in [1.807, 2.05) is 0 Å². The number of hydrogen-bond donors (Lipinski definition) is 0. The molecule has 0 heterocycles. The molecule has 76 valence electrons. The second-order valence-electron chi connectivity index (χ2n) is 1.32. The Labute approximate surface area is 73.9 Å². The van der Waals surface area contributed by atoms with E-state index in [1.165, 1.54) is 0 Å². The molecule has 9 heteroatoms. The fourth-order valence-corrected chi connectivity index (χ4v) is 0.375. The van der Waals surface area contributed by atoms with E-state index in [1.54, 1.807) is 0 Å². The van der Waals surface area contributed by atoms with Crippen LogP contribution in [0.15, 0.2) is 0 Å². The van der Waals surface area contributed by atoms with Gasteiger partial charge in [0.05, 0.1) is 0 Å². The molecule has 0 aromatic carbocycles. The molecule has 0 bridgehead atoms. The highest BCUT2D eigenvalue weighted by Gasteiger charge is 2.52. The van der Waals surface area contributed by atoms with Crippen molar-refractivity contribution in [3.05, 3.63) is 0 Å². The molecule has 0 radical (unpaired) electrons. The van der Waals surface area contributed by atoms with Gasteiger partial charge in [0.25, 0.3) is 0 Å². The third kappa shape index (κ3) is 5.53. The van der Waals surface area contributed by atoms with Gasteiger partial charge in [0.1, 0.15) is 0 Å². The summed E-state index contributed by atoms with van der Waals surface area (Å²) in [5.41, 5.74) is 0. The van der Waals surface area contributed by atoms with Crippen LogP contribution in [0.2, 0.25) is 0 Å². The third-order valence-corrected chi connectivity index (χ3v) is 0.858. The molecule has 4 N–H and O–H groups in total. The van der Waals surface area contributed by atoms with Gasteiger partial charge < -0.3 is 11.0 Å². The van der Waals surface area contributed by atoms with E-state index < -0.39 is 16.5 Å². The largest absolute Gasteiger partial charge is 0.456 e. The molecule has 0 saturated carbocycles. The number of Topliss-reactive ketones (excluding diaryl/α,β-unsaturated/α-hetero) is 1. The minimum atomic E-state index is -5.34. The average Bonchev–Trinajstić information content (AvgIpc) is 1.59. The molecule has 0 fully saturated rings. The van der Waals surface area contributed by atoms with Crippen molar-refractivity contribution in [2.45, 2.75) is 10.8 Å². The average molecular weight is 235 g/mol. The lowest BCUT2D eigenvalue weighted by atomic mass is 10.4. The minimum absolute atomic E-state index is 0. The first kappa shape index (κ1) is 17.8. The van der Waals surface area contributed by atoms with Gasteiger partial charge >= 0.3 is 16.5 Å². The van der Waals surface area contributed by atoms with Gasteiger partial charge in [-0.1, -0.05) is 23.2 Å². The summed E-state index contributed by atoms with van der Waals surface area (Å²) in [6.45, 7) is 0. The second-order valence-corrected chi connectivity index (χ2v) is 2.56. The highest BCUT2D eigenvalue weighted by atomic mass is 35.5. The minimum Gasteiger partial charge on any atom is -0.412 e. The molecular weight excluding hydrogens is 231 g/mol. The number of halogens is 6. The van der Waals surface area contributed by atoms with Crippen LogP contribution in [0.1, 0.15) is 0 Å². The Balaban J connectivity index is -0.000000405. The predicted octanol–water partition coefficient (Wildman–Crippen LogP) is 0.569. The molecule has 0 rings (SSSR count). The summed E-state index contributed by atoms with van der Waals surface area (Å²) < 4.78 is 41.4. The summed E-state index contributed by atoms with van der Waals surface area (Å²) in [5, 5.41) is 0. The van der Waals surface area contributed by atoms with Crippen molar-refractivity contribution in [2.24, 2.45) is 0 Å². The highest BCUT2D eigenvalue weighted by molar-refractivity contribution is 6.57. The third-order valence-electron chi connectivity index (χ3n) is 0.515. The number of ketones is 1. The molecule has 0 spiro atoms. The summed E-state index contributed by atoms with van der Waals surface area (Å²) in [7, 11) is 0.